The van der Waals surface area contributed by atoms with Crippen molar-refractivity contribution in [2.45, 2.75) is 26.4 Å². The van der Waals surface area contributed by atoms with E-state index in [-0.39, 0.29) is 12.1 Å². The first-order valence-electron chi connectivity index (χ1n) is 7.56. The van der Waals surface area contributed by atoms with Gasteiger partial charge >= 0.3 is 0 Å². The lowest BCUT2D eigenvalue weighted by molar-refractivity contribution is -0.115. The predicted octanol–water partition coefficient (Wildman–Crippen LogP) is 2.93. The molecule has 1 atom stereocenters. The molecule has 1 aromatic carbocycles. The first kappa shape index (κ1) is 13.2. The van der Waals surface area contributed by atoms with Crippen molar-refractivity contribution in [1.29, 1.82) is 0 Å². The summed E-state index contributed by atoms with van der Waals surface area (Å²) in [5, 5.41) is 2.95. The van der Waals surface area contributed by atoms with Crippen LogP contribution in [0.1, 0.15) is 18.1 Å². The van der Waals surface area contributed by atoms with Gasteiger partial charge in [0.2, 0.25) is 5.91 Å². The third kappa shape index (κ3) is 1.80. The van der Waals surface area contributed by atoms with Gasteiger partial charge in [-0.1, -0.05) is 6.08 Å². The van der Waals surface area contributed by atoms with Crippen molar-refractivity contribution in [3.8, 4) is 0 Å². The number of benzene rings is 1. The average Bonchev–Trinajstić information content (AvgIpc) is 2.98. The van der Waals surface area contributed by atoms with Gasteiger partial charge in [0.15, 0.2) is 0 Å². The SMILES string of the molecule is CC1=CC2=CC=CN(C)C2N1c1cc(C)c2c(c1)CC(=O)N2. The number of carbonyl (C=O) groups excluding carboxylic acids is 1. The first-order chi connectivity index (χ1) is 10.5. The second kappa shape index (κ2) is 4.50. The van der Waals surface area contributed by atoms with Crippen LogP contribution in [0.3, 0.4) is 0 Å². The Hall–Kier alpha value is -2.49. The maximum atomic E-state index is 11.7. The molecular weight excluding hydrogens is 274 g/mol. The lowest BCUT2D eigenvalue weighted by Crippen LogP contribution is -2.42. The summed E-state index contributed by atoms with van der Waals surface area (Å²) in [6.07, 6.45) is 9.25. The van der Waals surface area contributed by atoms with E-state index in [2.05, 4.69) is 72.6 Å². The summed E-state index contributed by atoms with van der Waals surface area (Å²) in [5.41, 5.74) is 6.88. The van der Waals surface area contributed by atoms with E-state index in [1.807, 2.05) is 0 Å². The van der Waals surface area contributed by atoms with E-state index in [9.17, 15) is 4.79 Å². The Morgan fingerprint density at radius 2 is 2.09 bits per heavy atom. The minimum atomic E-state index is 0.0854. The molecule has 4 heteroatoms. The van der Waals surface area contributed by atoms with E-state index in [1.165, 1.54) is 11.3 Å². The number of carbonyl (C=O) groups is 1. The third-order valence-electron chi connectivity index (χ3n) is 4.59. The number of hydrogen-bond donors (Lipinski definition) is 1. The molecule has 3 aliphatic heterocycles. The molecule has 0 radical (unpaired) electrons. The topological polar surface area (TPSA) is 35.6 Å². The van der Waals surface area contributed by atoms with E-state index < -0.39 is 0 Å². The Bertz CT molecular complexity index is 773. The number of nitrogens with zero attached hydrogens (tertiary/aromatic N) is 2. The fraction of sp³-hybridized carbons (Fsp3) is 0.278. The molecule has 1 unspecified atom stereocenters. The van der Waals surface area contributed by atoms with Crippen LogP contribution in [0.2, 0.25) is 0 Å². The molecule has 0 saturated carbocycles. The molecule has 3 aliphatic rings. The summed E-state index contributed by atoms with van der Waals surface area (Å²) in [7, 11) is 2.10. The number of hydrogen-bond acceptors (Lipinski definition) is 3. The number of aryl methyl sites for hydroxylation is 1. The van der Waals surface area contributed by atoms with E-state index >= 15 is 0 Å². The monoisotopic (exact) mass is 293 g/mol. The number of allylic oxidation sites excluding steroid dienone is 3. The zero-order valence-electron chi connectivity index (χ0n) is 13.1. The van der Waals surface area contributed by atoms with Crippen LogP contribution in [0.4, 0.5) is 11.4 Å². The molecule has 0 fully saturated rings. The summed E-state index contributed by atoms with van der Waals surface area (Å²) < 4.78 is 0. The number of anilines is 2. The molecule has 1 aromatic rings. The molecule has 0 bridgehead atoms. The van der Waals surface area contributed by atoms with Crippen LogP contribution in [-0.2, 0) is 11.2 Å². The number of likely N-dealkylation sites (N-methyl/N-ethyl adjacent to an activating group) is 1. The zero-order chi connectivity index (χ0) is 15.4. The van der Waals surface area contributed by atoms with Crippen LogP contribution < -0.4 is 10.2 Å². The smallest absolute Gasteiger partial charge is 0.228 e. The van der Waals surface area contributed by atoms with Gasteiger partial charge in [-0.05, 0) is 54.8 Å². The zero-order valence-corrected chi connectivity index (χ0v) is 13.1. The largest absolute Gasteiger partial charge is 0.357 e. The lowest BCUT2D eigenvalue weighted by Gasteiger charge is -2.37. The number of nitrogens with one attached hydrogen (secondary N) is 1. The van der Waals surface area contributed by atoms with E-state index in [0.717, 1.165) is 22.5 Å². The van der Waals surface area contributed by atoms with Crippen LogP contribution in [-0.4, -0.2) is 24.0 Å². The van der Waals surface area contributed by atoms with Gasteiger partial charge in [-0.25, -0.2) is 0 Å². The van der Waals surface area contributed by atoms with Crippen molar-refractivity contribution < 1.29 is 4.79 Å². The van der Waals surface area contributed by atoms with E-state index in [0.29, 0.717) is 6.42 Å². The summed E-state index contributed by atoms with van der Waals surface area (Å²) in [6, 6.07) is 4.31. The van der Waals surface area contributed by atoms with Crippen molar-refractivity contribution in [3.63, 3.8) is 0 Å². The van der Waals surface area contributed by atoms with Gasteiger partial charge in [0.1, 0.15) is 6.17 Å². The maximum absolute atomic E-state index is 11.7. The minimum absolute atomic E-state index is 0.0854. The quantitative estimate of drug-likeness (QED) is 0.865. The third-order valence-corrected chi connectivity index (χ3v) is 4.59. The molecule has 4 rings (SSSR count). The van der Waals surface area contributed by atoms with Crippen LogP contribution in [0, 0.1) is 6.92 Å². The van der Waals surface area contributed by atoms with Crippen LogP contribution in [0.5, 0.6) is 0 Å². The Morgan fingerprint density at radius 3 is 2.91 bits per heavy atom. The van der Waals surface area contributed by atoms with Gasteiger partial charge in [0.25, 0.3) is 0 Å². The summed E-state index contributed by atoms with van der Waals surface area (Å²) >= 11 is 0. The normalized spacial score (nSPS) is 22.3. The van der Waals surface area contributed by atoms with Gasteiger partial charge in [0, 0.05) is 30.3 Å². The molecule has 112 valence electrons. The predicted molar refractivity (Wildman–Crippen MR) is 88.5 cm³/mol. The Morgan fingerprint density at radius 1 is 1.27 bits per heavy atom. The van der Waals surface area contributed by atoms with Gasteiger partial charge < -0.3 is 15.1 Å². The molecule has 3 heterocycles. The van der Waals surface area contributed by atoms with Crippen LogP contribution in [0.15, 0.2) is 47.8 Å². The summed E-state index contributed by atoms with van der Waals surface area (Å²) in [4.78, 5) is 16.2. The highest BCUT2D eigenvalue weighted by Crippen LogP contribution is 2.39. The molecular formula is C18H19N3O. The molecule has 0 aromatic heterocycles. The first-order valence-corrected chi connectivity index (χ1v) is 7.56. The molecule has 0 aliphatic carbocycles. The van der Waals surface area contributed by atoms with Crippen LogP contribution >= 0.6 is 0 Å². The fourth-order valence-corrected chi connectivity index (χ4v) is 3.65. The molecule has 4 nitrogen and oxygen atoms in total. The van der Waals surface area contributed by atoms with E-state index in [4.69, 9.17) is 0 Å². The van der Waals surface area contributed by atoms with E-state index in [1.54, 1.807) is 0 Å². The Labute approximate surface area is 130 Å². The minimum Gasteiger partial charge on any atom is -0.357 e. The molecule has 1 amide bonds. The molecule has 0 saturated heterocycles. The highest BCUT2D eigenvalue weighted by atomic mass is 16.1. The number of amides is 1. The summed E-state index contributed by atoms with van der Waals surface area (Å²) in [6.45, 7) is 4.20. The van der Waals surface area contributed by atoms with Crippen molar-refractivity contribution in [2.75, 3.05) is 17.3 Å². The van der Waals surface area contributed by atoms with Gasteiger partial charge in [0.05, 0.1) is 6.42 Å². The van der Waals surface area contributed by atoms with Gasteiger partial charge in [-0.15, -0.1) is 0 Å². The van der Waals surface area contributed by atoms with Crippen LogP contribution in [0.25, 0.3) is 0 Å². The highest BCUT2D eigenvalue weighted by Gasteiger charge is 2.33. The molecule has 1 N–H and O–H groups in total. The standard InChI is InChI=1S/C18H19N3O/c1-11-7-15(9-14-10-16(22)19-17(11)14)21-12(2)8-13-5-4-6-20(3)18(13)21/h4-9,18H,10H2,1-3H3,(H,19,22). The van der Waals surface area contributed by atoms with Crippen molar-refractivity contribution in [1.82, 2.24) is 4.90 Å². The highest BCUT2D eigenvalue weighted by molar-refractivity contribution is 6.00. The fourth-order valence-electron chi connectivity index (χ4n) is 3.65. The second-order valence-corrected chi connectivity index (χ2v) is 6.22. The second-order valence-electron chi connectivity index (χ2n) is 6.22. The maximum Gasteiger partial charge on any atom is 0.228 e. The Balaban J connectivity index is 1.80. The average molecular weight is 293 g/mol. The van der Waals surface area contributed by atoms with Crippen molar-refractivity contribution in [3.05, 3.63) is 59.0 Å². The van der Waals surface area contributed by atoms with Gasteiger partial charge in [-0.2, -0.15) is 0 Å². The van der Waals surface area contributed by atoms with Crippen molar-refractivity contribution in [2.24, 2.45) is 0 Å². The molecule has 22 heavy (non-hydrogen) atoms. The Kier molecular flexibility index (Phi) is 2.70. The van der Waals surface area contributed by atoms with Gasteiger partial charge in [-0.3, -0.25) is 4.79 Å². The van der Waals surface area contributed by atoms with Crippen molar-refractivity contribution >= 4 is 17.3 Å². The number of fused-ring (bicyclic) bond motifs is 2. The summed E-state index contributed by atoms with van der Waals surface area (Å²) in [5.74, 6) is 0.0854. The molecule has 0 spiro atoms. The lowest BCUT2D eigenvalue weighted by atomic mass is 10.1. The number of rotatable bonds is 1.